The molecule has 26 heavy (non-hydrogen) atoms. The fraction of sp³-hybridized carbons (Fsp3) is 0.579. The van der Waals surface area contributed by atoms with Crippen LogP contribution in [0.3, 0.4) is 0 Å². The lowest BCUT2D eigenvalue weighted by atomic mass is 10.0. The summed E-state index contributed by atoms with van der Waals surface area (Å²) in [6.45, 7) is 4.82. The number of carbonyl (C=O) groups is 2. The first kappa shape index (κ1) is 19.1. The number of nitrogens with zero attached hydrogens (tertiary/aromatic N) is 2. The standard InChI is InChI=1S/C19H25ClN2O4/c1-15(23)22(14-16-4-2-3-5-17(16)20)9-6-18(24)21-10-7-19(8-11-21)25-12-13-26-19/h2-5H,6-14H2,1H3. The van der Waals surface area contributed by atoms with E-state index in [1.807, 2.05) is 23.1 Å². The van der Waals surface area contributed by atoms with Gasteiger partial charge in [-0.05, 0) is 11.6 Å². The van der Waals surface area contributed by atoms with Gasteiger partial charge in [-0.2, -0.15) is 0 Å². The first-order chi connectivity index (χ1) is 12.5. The fourth-order valence-corrected chi connectivity index (χ4v) is 3.65. The zero-order valence-electron chi connectivity index (χ0n) is 15.1. The molecule has 6 nitrogen and oxygen atoms in total. The van der Waals surface area contributed by atoms with Crippen LogP contribution in [0.1, 0.15) is 31.7 Å². The predicted octanol–water partition coefficient (Wildman–Crippen LogP) is 2.44. The molecule has 0 unspecified atom stereocenters. The summed E-state index contributed by atoms with van der Waals surface area (Å²) >= 11 is 6.18. The Balaban J connectivity index is 1.50. The molecular formula is C19H25ClN2O4. The van der Waals surface area contributed by atoms with Crippen LogP contribution in [0.15, 0.2) is 24.3 Å². The van der Waals surface area contributed by atoms with Gasteiger partial charge in [0, 0.05) is 57.4 Å². The van der Waals surface area contributed by atoms with Crippen LogP contribution in [-0.2, 0) is 25.6 Å². The van der Waals surface area contributed by atoms with Crippen LogP contribution < -0.4 is 0 Å². The van der Waals surface area contributed by atoms with Gasteiger partial charge < -0.3 is 19.3 Å². The molecule has 0 bridgehead atoms. The minimum atomic E-state index is -0.480. The van der Waals surface area contributed by atoms with Gasteiger partial charge in [0.15, 0.2) is 5.79 Å². The van der Waals surface area contributed by atoms with Crippen molar-refractivity contribution in [3.63, 3.8) is 0 Å². The molecule has 3 rings (SSSR count). The van der Waals surface area contributed by atoms with Gasteiger partial charge in [-0.3, -0.25) is 9.59 Å². The highest BCUT2D eigenvalue weighted by molar-refractivity contribution is 6.31. The quantitative estimate of drug-likeness (QED) is 0.787. The summed E-state index contributed by atoms with van der Waals surface area (Å²) in [6, 6.07) is 7.44. The van der Waals surface area contributed by atoms with Crippen LogP contribution in [0.5, 0.6) is 0 Å². The maximum Gasteiger partial charge on any atom is 0.224 e. The van der Waals surface area contributed by atoms with Crippen LogP contribution in [-0.4, -0.2) is 60.2 Å². The summed E-state index contributed by atoms with van der Waals surface area (Å²) in [5.74, 6) is -0.488. The van der Waals surface area contributed by atoms with E-state index >= 15 is 0 Å². The molecule has 0 aliphatic carbocycles. The largest absolute Gasteiger partial charge is 0.347 e. The number of halogens is 1. The van der Waals surface area contributed by atoms with E-state index in [0.29, 0.717) is 63.7 Å². The van der Waals surface area contributed by atoms with E-state index in [0.717, 1.165) is 5.56 Å². The Hall–Kier alpha value is -1.63. The van der Waals surface area contributed by atoms with Gasteiger partial charge in [0.2, 0.25) is 11.8 Å². The van der Waals surface area contributed by atoms with E-state index in [1.165, 1.54) is 6.92 Å². The van der Waals surface area contributed by atoms with Crippen molar-refractivity contribution < 1.29 is 19.1 Å². The molecule has 0 saturated carbocycles. The highest BCUT2D eigenvalue weighted by Crippen LogP contribution is 2.31. The maximum absolute atomic E-state index is 12.5. The SMILES string of the molecule is CC(=O)N(CCC(=O)N1CCC2(CC1)OCCO2)Cc1ccccc1Cl. The number of ether oxygens (including phenoxy) is 2. The maximum atomic E-state index is 12.5. The summed E-state index contributed by atoms with van der Waals surface area (Å²) in [6.07, 6.45) is 1.71. The molecule has 2 fully saturated rings. The van der Waals surface area contributed by atoms with E-state index in [4.69, 9.17) is 21.1 Å². The van der Waals surface area contributed by atoms with Crippen LogP contribution in [0.4, 0.5) is 0 Å². The third-order valence-corrected chi connectivity index (χ3v) is 5.42. The average molecular weight is 381 g/mol. The lowest BCUT2D eigenvalue weighted by Gasteiger charge is -2.37. The van der Waals surface area contributed by atoms with Gasteiger partial charge in [0.05, 0.1) is 13.2 Å². The van der Waals surface area contributed by atoms with Gasteiger partial charge in [0.25, 0.3) is 0 Å². The Bertz CT molecular complexity index is 651. The molecule has 1 aromatic rings. The van der Waals surface area contributed by atoms with Gasteiger partial charge in [-0.1, -0.05) is 29.8 Å². The van der Waals surface area contributed by atoms with Crippen molar-refractivity contribution in [2.75, 3.05) is 32.8 Å². The second kappa shape index (κ2) is 8.37. The number of likely N-dealkylation sites (tertiary alicyclic amines) is 1. The normalized spacial score (nSPS) is 18.9. The lowest BCUT2D eigenvalue weighted by Crippen LogP contribution is -2.47. The third-order valence-electron chi connectivity index (χ3n) is 5.05. The molecule has 2 aliphatic rings. The van der Waals surface area contributed by atoms with Crippen molar-refractivity contribution in [2.45, 2.75) is 38.5 Å². The van der Waals surface area contributed by atoms with Gasteiger partial charge in [0.1, 0.15) is 0 Å². The number of hydrogen-bond donors (Lipinski definition) is 0. The summed E-state index contributed by atoms with van der Waals surface area (Å²) in [7, 11) is 0. The molecule has 2 aliphatic heterocycles. The molecule has 1 spiro atoms. The van der Waals surface area contributed by atoms with E-state index in [9.17, 15) is 9.59 Å². The Morgan fingerprint density at radius 2 is 1.85 bits per heavy atom. The molecule has 0 atom stereocenters. The summed E-state index contributed by atoms with van der Waals surface area (Å²) in [4.78, 5) is 28.0. The van der Waals surface area contributed by atoms with Gasteiger partial charge in [-0.25, -0.2) is 0 Å². The molecule has 142 valence electrons. The average Bonchev–Trinajstić information content (AvgIpc) is 3.08. The molecule has 1 aromatic carbocycles. The topological polar surface area (TPSA) is 59.1 Å². The molecule has 0 N–H and O–H groups in total. The number of hydrogen-bond acceptors (Lipinski definition) is 4. The molecule has 2 heterocycles. The fourth-order valence-electron chi connectivity index (χ4n) is 3.45. The first-order valence-electron chi connectivity index (χ1n) is 9.04. The molecule has 2 amide bonds. The predicted molar refractivity (Wildman–Crippen MR) is 97.6 cm³/mol. The van der Waals surface area contributed by atoms with Gasteiger partial charge >= 0.3 is 0 Å². The van der Waals surface area contributed by atoms with Crippen LogP contribution in [0, 0.1) is 0 Å². The Labute approximate surface area is 159 Å². The Morgan fingerprint density at radius 3 is 2.46 bits per heavy atom. The molecule has 0 aromatic heterocycles. The van der Waals surface area contributed by atoms with Crippen molar-refractivity contribution in [2.24, 2.45) is 0 Å². The van der Waals surface area contributed by atoms with E-state index in [1.54, 1.807) is 11.0 Å². The third kappa shape index (κ3) is 4.55. The minimum Gasteiger partial charge on any atom is -0.347 e. The van der Waals surface area contributed by atoms with Crippen molar-refractivity contribution in [3.8, 4) is 0 Å². The van der Waals surface area contributed by atoms with Crippen molar-refractivity contribution in [1.82, 2.24) is 9.80 Å². The number of benzene rings is 1. The van der Waals surface area contributed by atoms with Crippen LogP contribution in [0.2, 0.25) is 5.02 Å². The first-order valence-corrected chi connectivity index (χ1v) is 9.41. The molecule has 7 heteroatoms. The number of piperidine rings is 1. The van der Waals surface area contributed by atoms with Crippen molar-refractivity contribution in [3.05, 3.63) is 34.9 Å². The van der Waals surface area contributed by atoms with Crippen LogP contribution in [0.25, 0.3) is 0 Å². The number of amides is 2. The smallest absolute Gasteiger partial charge is 0.224 e. The van der Waals surface area contributed by atoms with E-state index < -0.39 is 5.79 Å². The highest BCUT2D eigenvalue weighted by atomic mass is 35.5. The summed E-state index contributed by atoms with van der Waals surface area (Å²) in [5.41, 5.74) is 0.882. The van der Waals surface area contributed by atoms with E-state index in [2.05, 4.69) is 0 Å². The summed E-state index contributed by atoms with van der Waals surface area (Å²) < 4.78 is 11.4. The summed E-state index contributed by atoms with van der Waals surface area (Å²) in [5, 5.41) is 0.628. The molecule has 2 saturated heterocycles. The number of rotatable bonds is 5. The Kier molecular flexibility index (Phi) is 6.16. The van der Waals surface area contributed by atoms with Crippen molar-refractivity contribution >= 4 is 23.4 Å². The molecular weight excluding hydrogens is 356 g/mol. The van der Waals surface area contributed by atoms with Crippen molar-refractivity contribution in [1.29, 1.82) is 0 Å². The lowest BCUT2D eigenvalue weighted by molar-refractivity contribution is -0.187. The zero-order valence-corrected chi connectivity index (χ0v) is 15.8. The second-order valence-corrected chi connectivity index (χ2v) is 7.18. The minimum absolute atomic E-state index is 0.0586. The van der Waals surface area contributed by atoms with Gasteiger partial charge in [-0.15, -0.1) is 0 Å². The second-order valence-electron chi connectivity index (χ2n) is 6.77. The number of carbonyl (C=O) groups excluding carboxylic acids is 2. The van der Waals surface area contributed by atoms with E-state index in [-0.39, 0.29) is 11.8 Å². The highest BCUT2D eigenvalue weighted by Gasteiger charge is 2.40. The Morgan fingerprint density at radius 1 is 1.19 bits per heavy atom. The molecule has 0 radical (unpaired) electrons. The van der Waals surface area contributed by atoms with Crippen LogP contribution >= 0.6 is 11.6 Å². The monoisotopic (exact) mass is 380 g/mol. The zero-order chi connectivity index (χ0) is 18.6.